The van der Waals surface area contributed by atoms with Crippen molar-refractivity contribution in [2.24, 2.45) is 0 Å². The van der Waals surface area contributed by atoms with E-state index in [1.54, 1.807) is 18.2 Å². The molecule has 0 saturated carbocycles. The van der Waals surface area contributed by atoms with Gasteiger partial charge < -0.3 is 14.6 Å². The smallest absolute Gasteiger partial charge is 0.306 e. The van der Waals surface area contributed by atoms with Crippen LogP contribution in [0.5, 0.6) is 11.5 Å². The van der Waals surface area contributed by atoms with Crippen LogP contribution in [0.3, 0.4) is 0 Å². The van der Waals surface area contributed by atoms with E-state index < -0.39 is 0 Å². The first-order valence-corrected chi connectivity index (χ1v) is 4.73. The van der Waals surface area contributed by atoms with Gasteiger partial charge in [0.25, 0.3) is 0 Å². The number of benzene rings is 1. The first kappa shape index (κ1) is 9.83. The Kier molecular flexibility index (Phi) is 2.49. The van der Waals surface area contributed by atoms with Gasteiger partial charge in [-0.25, -0.2) is 0 Å². The SMILES string of the molecule is COC(=O)CC1COc2ccc(O)cc21. The zero-order chi connectivity index (χ0) is 10.8. The lowest BCUT2D eigenvalue weighted by Crippen LogP contribution is -2.09. The minimum atomic E-state index is -0.264. The van der Waals surface area contributed by atoms with Crippen molar-refractivity contribution >= 4 is 5.97 Å². The fourth-order valence-electron chi connectivity index (χ4n) is 1.72. The van der Waals surface area contributed by atoms with Gasteiger partial charge >= 0.3 is 5.97 Å². The van der Waals surface area contributed by atoms with Crippen LogP contribution in [0.25, 0.3) is 0 Å². The largest absolute Gasteiger partial charge is 0.508 e. The van der Waals surface area contributed by atoms with E-state index in [1.807, 2.05) is 0 Å². The number of hydrogen-bond acceptors (Lipinski definition) is 4. The van der Waals surface area contributed by atoms with E-state index in [9.17, 15) is 9.90 Å². The van der Waals surface area contributed by atoms with Crippen LogP contribution >= 0.6 is 0 Å². The van der Waals surface area contributed by atoms with Crippen LogP contribution in [0.1, 0.15) is 17.9 Å². The van der Waals surface area contributed by atoms with E-state index in [0.29, 0.717) is 6.61 Å². The molecule has 0 amide bonds. The molecule has 15 heavy (non-hydrogen) atoms. The van der Waals surface area contributed by atoms with Gasteiger partial charge in [-0.15, -0.1) is 0 Å². The van der Waals surface area contributed by atoms with Gasteiger partial charge in [0.1, 0.15) is 11.5 Å². The normalized spacial score (nSPS) is 18.1. The fraction of sp³-hybridized carbons (Fsp3) is 0.364. The quantitative estimate of drug-likeness (QED) is 0.747. The number of rotatable bonds is 2. The molecule has 0 radical (unpaired) electrons. The van der Waals surface area contributed by atoms with Crippen LogP contribution < -0.4 is 4.74 Å². The molecule has 1 aromatic carbocycles. The Morgan fingerprint density at radius 3 is 3.20 bits per heavy atom. The first-order chi connectivity index (χ1) is 7.20. The van der Waals surface area contributed by atoms with Gasteiger partial charge in [0, 0.05) is 11.5 Å². The standard InChI is InChI=1S/C11H12O4/c1-14-11(13)4-7-6-15-10-3-2-8(12)5-9(7)10/h2-3,5,7,12H,4,6H2,1H3. The maximum absolute atomic E-state index is 11.1. The third-order valence-electron chi connectivity index (χ3n) is 2.51. The van der Waals surface area contributed by atoms with Gasteiger partial charge in [0.05, 0.1) is 20.1 Å². The number of carbonyl (C=O) groups excluding carboxylic acids is 1. The number of phenolic OH excluding ortho intramolecular Hbond substituents is 1. The van der Waals surface area contributed by atoms with E-state index in [0.717, 1.165) is 11.3 Å². The van der Waals surface area contributed by atoms with Crippen molar-refractivity contribution in [2.45, 2.75) is 12.3 Å². The highest BCUT2D eigenvalue weighted by Gasteiger charge is 2.26. The average molecular weight is 208 g/mol. The van der Waals surface area contributed by atoms with E-state index in [4.69, 9.17) is 4.74 Å². The maximum atomic E-state index is 11.1. The third kappa shape index (κ3) is 1.88. The van der Waals surface area contributed by atoms with Gasteiger partial charge in [0.15, 0.2) is 0 Å². The molecular formula is C11H12O4. The van der Waals surface area contributed by atoms with Crippen LogP contribution in [0, 0.1) is 0 Å². The number of esters is 1. The molecule has 0 aliphatic carbocycles. The second kappa shape index (κ2) is 3.81. The average Bonchev–Trinajstić information content (AvgIpc) is 2.61. The Balaban J connectivity index is 2.20. The predicted octanol–water partition coefficient (Wildman–Crippen LogP) is 1.43. The van der Waals surface area contributed by atoms with E-state index in [2.05, 4.69) is 4.74 Å². The van der Waals surface area contributed by atoms with Crippen molar-refractivity contribution in [2.75, 3.05) is 13.7 Å². The van der Waals surface area contributed by atoms with Crippen molar-refractivity contribution in [3.63, 3.8) is 0 Å². The molecule has 1 aromatic rings. The highest BCUT2D eigenvalue weighted by Crippen LogP contribution is 2.37. The molecule has 0 bridgehead atoms. The summed E-state index contributed by atoms with van der Waals surface area (Å²) < 4.78 is 9.99. The summed E-state index contributed by atoms with van der Waals surface area (Å²) in [5.41, 5.74) is 0.875. The molecule has 4 heteroatoms. The van der Waals surface area contributed by atoms with Gasteiger partial charge in [0.2, 0.25) is 0 Å². The molecule has 1 aliphatic rings. The Morgan fingerprint density at radius 1 is 1.67 bits per heavy atom. The van der Waals surface area contributed by atoms with Gasteiger partial charge in [-0.2, -0.15) is 0 Å². The Morgan fingerprint density at radius 2 is 2.47 bits per heavy atom. The summed E-state index contributed by atoms with van der Waals surface area (Å²) in [7, 11) is 1.36. The molecule has 0 spiro atoms. The van der Waals surface area contributed by atoms with Crippen LogP contribution in [0.2, 0.25) is 0 Å². The van der Waals surface area contributed by atoms with Crippen LogP contribution in [-0.2, 0) is 9.53 Å². The van der Waals surface area contributed by atoms with E-state index >= 15 is 0 Å². The monoisotopic (exact) mass is 208 g/mol. The molecule has 1 N–H and O–H groups in total. The van der Waals surface area contributed by atoms with Crippen molar-refractivity contribution in [1.29, 1.82) is 0 Å². The van der Waals surface area contributed by atoms with Gasteiger partial charge in [-0.05, 0) is 18.2 Å². The maximum Gasteiger partial charge on any atom is 0.306 e. The molecular weight excluding hydrogens is 196 g/mol. The van der Waals surface area contributed by atoms with E-state index in [-0.39, 0.29) is 24.1 Å². The van der Waals surface area contributed by atoms with Crippen molar-refractivity contribution in [1.82, 2.24) is 0 Å². The molecule has 80 valence electrons. The molecule has 2 rings (SSSR count). The highest BCUT2D eigenvalue weighted by molar-refractivity contribution is 5.71. The fourth-order valence-corrected chi connectivity index (χ4v) is 1.72. The zero-order valence-electron chi connectivity index (χ0n) is 8.40. The summed E-state index contributed by atoms with van der Waals surface area (Å²) in [6, 6.07) is 4.91. The lowest BCUT2D eigenvalue weighted by molar-refractivity contribution is -0.141. The number of phenols is 1. The summed E-state index contributed by atoms with van der Waals surface area (Å²) in [4.78, 5) is 11.1. The number of carbonyl (C=O) groups is 1. The van der Waals surface area contributed by atoms with Gasteiger partial charge in [-0.3, -0.25) is 4.79 Å². The van der Waals surface area contributed by atoms with Crippen molar-refractivity contribution in [3.05, 3.63) is 23.8 Å². The van der Waals surface area contributed by atoms with Crippen LogP contribution in [0.15, 0.2) is 18.2 Å². The second-order valence-corrected chi connectivity index (χ2v) is 3.51. The van der Waals surface area contributed by atoms with Crippen LogP contribution in [0.4, 0.5) is 0 Å². The number of aromatic hydroxyl groups is 1. The lowest BCUT2D eigenvalue weighted by Gasteiger charge is -2.06. The summed E-state index contributed by atoms with van der Waals surface area (Å²) in [5.74, 6) is 0.648. The predicted molar refractivity (Wildman–Crippen MR) is 53.0 cm³/mol. The Labute approximate surface area is 87.4 Å². The minimum absolute atomic E-state index is 0.0143. The topological polar surface area (TPSA) is 55.8 Å². The van der Waals surface area contributed by atoms with Crippen LogP contribution in [-0.4, -0.2) is 24.8 Å². The summed E-state index contributed by atoms with van der Waals surface area (Å²) in [6.07, 6.45) is 0.285. The molecule has 0 aromatic heterocycles. The number of fused-ring (bicyclic) bond motifs is 1. The second-order valence-electron chi connectivity index (χ2n) is 3.51. The minimum Gasteiger partial charge on any atom is -0.508 e. The molecule has 1 unspecified atom stereocenters. The molecule has 0 fully saturated rings. The Bertz CT molecular complexity index is 386. The molecule has 1 atom stereocenters. The molecule has 0 saturated heterocycles. The third-order valence-corrected chi connectivity index (χ3v) is 2.51. The molecule has 4 nitrogen and oxygen atoms in total. The lowest BCUT2D eigenvalue weighted by atomic mass is 9.98. The molecule has 1 heterocycles. The summed E-state index contributed by atoms with van der Waals surface area (Å²) in [5, 5.41) is 9.33. The highest BCUT2D eigenvalue weighted by atomic mass is 16.5. The number of hydrogen-bond donors (Lipinski definition) is 1. The number of methoxy groups -OCH3 is 1. The number of ether oxygens (including phenoxy) is 2. The zero-order valence-corrected chi connectivity index (χ0v) is 8.40. The van der Waals surface area contributed by atoms with Gasteiger partial charge in [-0.1, -0.05) is 0 Å². The Hall–Kier alpha value is -1.71. The molecule has 1 aliphatic heterocycles. The first-order valence-electron chi connectivity index (χ1n) is 4.73. The van der Waals surface area contributed by atoms with Crippen molar-refractivity contribution in [3.8, 4) is 11.5 Å². The van der Waals surface area contributed by atoms with E-state index in [1.165, 1.54) is 7.11 Å². The summed E-state index contributed by atoms with van der Waals surface area (Å²) in [6.45, 7) is 0.466. The summed E-state index contributed by atoms with van der Waals surface area (Å²) >= 11 is 0. The van der Waals surface area contributed by atoms with Crippen molar-refractivity contribution < 1.29 is 19.4 Å².